The fourth-order valence-corrected chi connectivity index (χ4v) is 4.33. The molecule has 5 rings (SSSR count). The summed E-state index contributed by atoms with van der Waals surface area (Å²) in [4.78, 5) is 27.5. The number of hydrogen-bond donors (Lipinski definition) is 1. The van der Waals surface area contributed by atoms with Gasteiger partial charge >= 0.3 is 0 Å². The van der Waals surface area contributed by atoms with Gasteiger partial charge < -0.3 is 19.7 Å². The van der Waals surface area contributed by atoms with Gasteiger partial charge in [-0.3, -0.25) is 9.59 Å². The number of carbonyl (C=O) groups is 2. The van der Waals surface area contributed by atoms with Gasteiger partial charge in [0.1, 0.15) is 0 Å². The molecule has 2 aliphatic rings. The summed E-state index contributed by atoms with van der Waals surface area (Å²) < 4.78 is 10.7. The highest BCUT2D eigenvalue weighted by Gasteiger charge is 2.28. The number of benzene rings is 3. The van der Waals surface area contributed by atoms with Crippen LogP contribution in [0.15, 0.2) is 60.7 Å². The summed E-state index contributed by atoms with van der Waals surface area (Å²) in [5, 5.41) is 5.23. The van der Waals surface area contributed by atoms with E-state index < -0.39 is 0 Å². The van der Waals surface area contributed by atoms with Crippen LogP contribution in [0.5, 0.6) is 11.5 Å². The SMILES string of the molecule is O=C(Nc1ccc2c(c1)OCO2)C1CCN(C(=O)Cc2cccc3ccccc23)CC1. The zero-order chi connectivity index (χ0) is 21.2. The van der Waals surface area contributed by atoms with Crippen molar-refractivity contribution in [3.63, 3.8) is 0 Å². The van der Waals surface area contributed by atoms with E-state index in [1.54, 1.807) is 12.1 Å². The lowest BCUT2D eigenvalue weighted by Crippen LogP contribution is -2.42. The largest absolute Gasteiger partial charge is 0.454 e. The van der Waals surface area contributed by atoms with Gasteiger partial charge in [-0.25, -0.2) is 0 Å². The Kier molecular flexibility index (Phi) is 5.20. The Hall–Kier alpha value is -3.54. The average molecular weight is 416 g/mol. The molecule has 2 heterocycles. The first-order chi connectivity index (χ1) is 15.2. The second-order valence-corrected chi connectivity index (χ2v) is 8.03. The summed E-state index contributed by atoms with van der Waals surface area (Å²) in [5.41, 5.74) is 1.74. The quantitative estimate of drug-likeness (QED) is 0.698. The smallest absolute Gasteiger partial charge is 0.231 e. The number of ether oxygens (including phenoxy) is 2. The lowest BCUT2D eigenvalue weighted by atomic mass is 9.95. The van der Waals surface area contributed by atoms with Crippen molar-refractivity contribution < 1.29 is 19.1 Å². The predicted molar refractivity (Wildman–Crippen MR) is 118 cm³/mol. The summed E-state index contributed by atoms with van der Waals surface area (Å²) in [7, 11) is 0. The first-order valence-electron chi connectivity index (χ1n) is 10.6. The lowest BCUT2D eigenvalue weighted by molar-refractivity contribution is -0.133. The van der Waals surface area contributed by atoms with Crippen molar-refractivity contribution in [1.29, 1.82) is 0 Å². The fourth-order valence-electron chi connectivity index (χ4n) is 4.33. The molecule has 2 aliphatic heterocycles. The second kappa shape index (κ2) is 8.30. The third kappa shape index (κ3) is 4.06. The van der Waals surface area contributed by atoms with Gasteiger partial charge in [-0.1, -0.05) is 42.5 Å². The number of nitrogens with one attached hydrogen (secondary N) is 1. The molecule has 158 valence electrons. The predicted octanol–water partition coefficient (Wildman–Crippen LogP) is 3.99. The van der Waals surface area contributed by atoms with Gasteiger partial charge in [0, 0.05) is 30.8 Å². The van der Waals surface area contributed by atoms with Gasteiger partial charge in [0.15, 0.2) is 11.5 Å². The first-order valence-corrected chi connectivity index (χ1v) is 10.6. The van der Waals surface area contributed by atoms with Crippen molar-refractivity contribution in [3.8, 4) is 11.5 Å². The van der Waals surface area contributed by atoms with E-state index in [1.807, 2.05) is 35.2 Å². The van der Waals surface area contributed by atoms with Gasteiger partial charge in [-0.15, -0.1) is 0 Å². The molecule has 3 aromatic rings. The summed E-state index contributed by atoms with van der Waals surface area (Å²) in [6.07, 6.45) is 1.71. The van der Waals surface area contributed by atoms with E-state index in [1.165, 1.54) is 0 Å². The van der Waals surface area contributed by atoms with Crippen LogP contribution in [0.25, 0.3) is 10.8 Å². The number of anilines is 1. The third-order valence-electron chi connectivity index (χ3n) is 6.08. The molecular formula is C25H24N2O4. The van der Waals surface area contributed by atoms with E-state index in [4.69, 9.17) is 9.47 Å². The van der Waals surface area contributed by atoms with Gasteiger partial charge in [-0.05, 0) is 41.3 Å². The van der Waals surface area contributed by atoms with Crippen molar-refractivity contribution in [3.05, 3.63) is 66.2 Å². The molecule has 3 aromatic carbocycles. The zero-order valence-corrected chi connectivity index (χ0v) is 17.2. The number of rotatable bonds is 4. The van der Waals surface area contributed by atoms with Crippen molar-refractivity contribution >= 4 is 28.3 Å². The van der Waals surface area contributed by atoms with Crippen LogP contribution < -0.4 is 14.8 Å². The number of nitrogens with zero attached hydrogens (tertiary/aromatic N) is 1. The number of carbonyl (C=O) groups excluding carboxylic acids is 2. The summed E-state index contributed by atoms with van der Waals surface area (Å²) in [6, 6.07) is 19.6. The van der Waals surface area contributed by atoms with Gasteiger partial charge in [-0.2, -0.15) is 0 Å². The molecule has 2 amide bonds. The van der Waals surface area contributed by atoms with Gasteiger partial charge in [0.25, 0.3) is 0 Å². The standard InChI is InChI=1S/C25H24N2O4/c28-24(14-19-6-3-5-17-4-1-2-7-21(17)19)27-12-10-18(11-13-27)25(29)26-20-8-9-22-23(15-20)31-16-30-22/h1-9,15,18H,10-14,16H2,(H,26,29). The van der Waals surface area contributed by atoms with E-state index in [-0.39, 0.29) is 24.5 Å². The minimum atomic E-state index is -0.105. The molecule has 0 aliphatic carbocycles. The summed E-state index contributed by atoms with van der Waals surface area (Å²) in [6.45, 7) is 1.41. The van der Waals surface area contributed by atoms with Crippen LogP contribution >= 0.6 is 0 Å². The monoisotopic (exact) mass is 416 g/mol. The molecule has 0 aromatic heterocycles. The van der Waals surface area contributed by atoms with Crippen LogP contribution in [-0.2, 0) is 16.0 Å². The van der Waals surface area contributed by atoms with E-state index >= 15 is 0 Å². The van der Waals surface area contributed by atoms with Crippen LogP contribution in [0.3, 0.4) is 0 Å². The molecule has 0 spiro atoms. The van der Waals surface area contributed by atoms with Crippen LogP contribution in [0.1, 0.15) is 18.4 Å². The Morgan fingerprint density at radius 2 is 1.71 bits per heavy atom. The highest BCUT2D eigenvalue weighted by Crippen LogP contribution is 2.34. The lowest BCUT2D eigenvalue weighted by Gasteiger charge is -2.31. The molecule has 1 saturated heterocycles. The molecule has 0 saturated carbocycles. The minimum absolute atomic E-state index is 0.0139. The number of likely N-dealkylation sites (tertiary alicyclic amines) is 1. The molecule has 0 radical (unpaired) electrons. The molecule has 0 bridgehead atoms. The summed E-state index contributed by atoms with van der Waals surface area (Å²) >= 11 is 0. The first kappa shape index (κ1) is 19.4. The van der Waals surface area contributed by atoms with E-state index in [9.17, 15) is 9.59 Å². The van der Waals surface area contributed by atoms with Crippen LogP contribution in [0, 0.1) is 5.92 Å². The molecule has 1 fully saturated rings. The second-order valence-electron chi connectivity index (χ2n) is 8.03. The van der Waals surface area contributed by atoms with E-state index in [2.05, 4.69) is 23.5 Å². The van der Waals surface area contributed by atoms with Crippen LogP contribution in [0.4, 0.5) is 5.69 Å². The summed E-state index contributed by atoms with van der Waals surface area (Å²) in [5.74, 6) is 1.33. The van der Waals surface area contributed by atoms with Crippen LogP contribution in [0.2, 0.25) is 0 Å². The van der Waals surface area contributed by atoms with Crippen molar-refractivity contribution in [2.24, 2.45) is 5.92 Å². The molecule has 0 unspecified atom stereocenters. The number of piperidine rings is 1. The molecular weight excluding hydrogens is 392 g/mol. The van der Waals surface area contributed by atoms with E-state index in [0.717, 1.165) is 16.3 Å². The Bertz CT molecular complexity index is 1130. The zero-order valence-electron chi connectivity index (χ0n) is 17.2. The number of hydrogen-bond acceptors (Lipinski definition) is 4. The highest BCUT2D eigenvalue weighted by atomic mass is 16.7. The van der Waals surface area contributed by atoms with Crippen molar-refractivity contribution in [2.45, 2.75) is 19.3 Å². The molecule has 31 heavy (non-hydrogen) atoms. The normalized spacial score (nSPS) is 15.8. The van der Waals surface area contributed by atoms with E-state index in [0.29, 0.717) is 49.5 Å². The topological polar surface area (TPSA) is 67.9 Å². The number of fused-ring (bicyclic) bond motifs is 2. The Morgan fingerprint density at radius 1 is 0.935 bits per heavy atom. The molecule has 6 heteroatoms. The molecule has 1 N–H and O–H groups in total. The van der Waals surface area contributed by atoms with Crippen molar-refractivity contribution in [2.75, 3.05) is 25.2 Å². The average Bonchev–Trinajstić information content (AvgIpc) is 3.27. The maximum Gasteiger partial charge on any atom is 0.231 e. The number of amides is 2. The van der Waals surface area contributed by atoms with Crippen molar-refractivity contribution in [1.82, 2.24) is 4.90 Å². The minimum Gasteiger partial charge on any atom is -0.454 e. The van der Waals surface area contributed by atoms with Crippen LogP contribution in [-0.4, -0.2) is 36.6 Å². The Labute approximate surface area is 180 Å². The Balaban J connectivity index is 1.17. The maximum atomic E-state index is 12.9. The molecule has 0 atom stereocenters. The highest BCUT2D eigenvalue weighted by molar-refractivity contribution is 5.93. The molecule has 6 nitrogen and oxygen atoms in total. The third-order valence-corrected chi connectivity index (χ3v) is 6.08. The maximum absolute atomic E-state index is 12.9. The Morgan fingerprint density at radius 3 is 2.58 bits per heavy atom. The fraction of sp³-hybridized carbons (Fsp3) is 0.280. The van der Waals surface area contributed by atoms with Gasteiger partial charge in [0.05, 0.1) is 6.42 Å². The van der Waals surface area contributed by atoms with Gasteiger partial charge in [0.2, 0.25) is 18.6 Å².